The highest BCUT2D eigenvalue weighted by atomic mass is 35.5. The lowest BCUT2D eigenvalue weighted by molar-refractivity contribution is -0.114. The number of ether oxygens (including phenoxy) is 3. The van der Waals surface area contributed by atoms with Gasteiger partial charge in [0.05, 0.1) is 19.8 Å². The summed E-state index contributed by atoms with van der Waals surface area (Å²) in [5.74, 6) is 4.46. The molecule has 3 N–H and O–H groups in total. The van der Waals surface area contributed by atoms with E-state index in [2.05, 4.69) is 64.3 Å². The van der Waals surface area contributed by atoms with Gasteiger partial charge in [-0.3, -0.25) is 0 Å². The Morgan fingerprint density at radius 1 is 0.976 bits per heavy atom. The van der Waals surface area contributed by atoms with Crippen molar-refractivity contribution in [1.82, 2.24) is 19.9 Å². The standard InChI is InChI=1S/C32H38ClN5O3Si/c1-4-42(5-2,6-3)18-17-32(22-39-20-23-13-9-7-10-14-23)26(40-21-24-15-11-8-12-16-24)19-25(41-32)29-35-27-28(34)36-31(33)38-30(27)37-29/h7-16,25-26H,4-6,19-22H2,1-3H3,(H3,34,35,36,37,38)/t25-,26+,32-/m1/s1. The molecule has 1 fully saturated rings. The number of benzene rings is 2. The fourth-order valence-electron chi connectivity index (χ4n) is 5.39. The molecular formula is C32H38ClN5O3Si. The third-order valence-electron chi connectivity index (χ3n) is 8.27. The molecule has 1 aliphatic rings. The van der Waals surface area contributed by atoms with Crippen LogP contribution in [0.3, 0.4) is 0 Å². The molecule has 2 aromatic heterocycles. The largest absolute Gasteiger partial charge is 0.382 e. The van der Waals surface area contributed by atoms with Crippen molar-refractivity contribution in [3.8, 4) is 11.5 Å². The first kappa shape index (κ1) is 30.2. The normalized spacial score (nSPS) is 20.5. The van der Waals surface area contributed by atoms with Gasteiger partial charge in [0.1, 0.15) is 31.6 Å². The van der Waals surface area contributed by atoms with E-state index in [4.69, 9.17) is 31.5 Å². The van der Waals surface area contributed by atoms with Crippen LogP contribution in [0.1, 0.15) is 50.2 Å². The van der Waals surface area contributed by atoms with Crippen molar-refractivity contribution in [3.63, 3.8) is 0 Å². The molecule has 1 saturated heterocycles. The van der Waals surface area contributed by atoms with Crippen molar-refractivity contribution in [3.05, 3.63) is 82.9 Å². The number of nitrogens with two attached hydrogens (primary N) is 1. The molecule has 0 radical (unpaired) electrons. The molecule has 0 spiro atoms. The van der Waals surface area contributed by atoms with Crippen LogP contribution in [0.15, 0.2) is 60.7 Å². The van der Waals surface area contributed by atoms with Gasteiger partial charge in [0.2, 0.25) is 5.28 Å². The molecule has 3 atom stereocenters. The van der Waals surface area contributed by atoms with E-state index in [1.165, 1.54) is 0 Å². The number of halogens is 1. The van der Waals surface area contributed by atoms with Crippen molar-refractivity contribution >= 4 is 36.7 Å². The van der Waals surface area contributed by atoms with E-state index in [1.54, 1.807) is 0 Å². The van der Waals surface area contributed by atoms with Crippen molar-refractivity contribution in [2.75, 3.05) is 12.3 Å². The SMILES string of the molecule is CC[Si](C#C[C@]1(COCc2ccccc2)O[C@@H](c2nc3nc(Cl)nc(N)c3[nH]2)C[C@@H]1OCc1ccccc1)(CC)CC. The van der Waals surface area contributed by atoms with Gasteiger partial charge in [-0.1, -0.05) is 87.4 Å². The lowest BCUT2D eigenvalue weighted by Crippen LogP contribution is -2.45. The highest BCUT2D eigenvalue weighted by Crippen LogP contribution is 2.42. The van der Waals surface area contributed by atoms with E-state index < -0.39 is 19.8 Å². The Balaban J connectivity index is 1.52. The summed E-state index contributed by atoms with van der Waals surface area (Å²) in [4.78, 5) is 16.3. The quantitative estimate of drug-likeness (QED) is 0.112. The van der Waals surface area contributed by atoms with Crippen LogP contribution >= 0.6 is 11.6 Å². The summed E-state index contributed by atoms with van der Waals surface area (Å²) in [5, 5.41) is 0.0454. The smallest absolute Gasteiger partial charge is 0.226 e. The molecule has 3 heterocycles. The first-order valence-corrected chi connectivity index (χ1v) is 17.6. The van der Waals surface area contributed by atoms with E-state index in [9.17, 15) is 0 Å². The molecular weight excluding hydrogens is 566 g/mol. The van der Waals surface area contributed by atoms with Crippen LogP contribution in [0.4, 0.5) is 5.82 Å². The molecule has 5 rings (SSSR count). The number of aromatic amines is 1. The maximum atomic E-state index is 6.89. The van der Waals surface area contributed by atoms with Crippen molar-refractivity contribution in [2.24, 2.45) is 0 Å². The highest BCUT2D eigenvalue weighted by molar-refractivity contribution is 6.87. The van der Waals surface area contributed by atoms with Gasteiger partial charge in [0.15, 0.2) is 17.1 Å². The minimum Gasteiger partial charge on any atom is -0.382 e. The second-order valence-corrected chi connectivity index (χ2v) is 16.1. The molecule has 42 heavy (non-hydrogen) atoms. The molecule has 0 bridgehead atoms. The number of nitrogen functional groups attached to an aromatic ring is 1. The van der Waals surface area contributed by atoms with Gasteiger partial charge in [0.25, 0.3) is 0 Å². The summed E-state index contributed by atoms with van der Waals surface area (Å²) >= 11 is 6.06. The van der Waals surface area contributed by atoms with E-state index in [-0.39, 0.29) is 23.8 Å². The number of aromatic nitrogens is 4. The fraction of sp³-hybridized carbons (Fsp3) is 0.406. The zero-order valence-corrected chi connectivity index (χ0v) is 26.2. The predicted octanol–water partition coefficient (Wildman–Crippen LogP) is 6.64. The average molecular weight is 604 g/mol. The third-order valence-corrected chi connectivity index (χ3v) is 13.2. The third kappa shape index (κ3) is 6.69. The van der Waals surface area contributed by atoms with Crippen LogP contribution in [0.5, 0.6) is 0 Å². The Kier molecular flexibility index (Phi) is 9.61. The number of nitrogens with one attached hydrogen (secondary N) is 1. The first-order chi connectivity index (χ1) is 20.4. The second kappa shape index (κ2) is 13.4. The van der Waals surface area contributed by atoms with Gasteiger partial charge in [-0.25, -0.2) is 4.98 Å². The first-order valence-electron chi connectivity index (χ1n) is 14.6. The summed E-state index contributed by atoms with van der Waals surface area (Å²) < 4.78 is 19.9. The predicted molar refractivity (Wildman–Crippen MR) is 168 cm³/mol. The molecule has 0 unspecified atom stereocenters. The number of imidazole rings is 1. The van der Waals surface area contributed by atoms with Crippen LogP contribution in [0.25, 0.3) is 11.2 Å². The van der Waals surface area contributed by atoms with Gasteiger partial charge in [0, 0.05) is 6.42 Å². The number of anilines is 1. The summed E-state index contributed by atoms with van der Waals surface area (Å²) in [5.41, 5.74) is 12.0. The highest BCUT2D eigenvalue weighted by Gasteiger charge is 2.51. The molecule has 0 aliphatic carbocycles. The van der Waals surface area contributed by atoms with Crippen LogP contribution < -0.4 is 5.73 Å². The van der Waals surface area contributed by atoms with Crippen molar-refractivity contribution < 1.29 is 14.2 Å². The molecule has 8 nitrogen and oxygen atoms in total. The second-order valence-electron chi connectivity index (χ2n) is 10.8. The fourth-order valence-corrected chi connectivity index (χ4v) is 8.06. The number of fused-ring (bicyclic) bond motifs is 1. The van der Waals surface area contributed by atoms with Crippen molar-refractivity contribution in [1.29, 1.82) is 0 Å². The molecule has 2 aromatic carbocycles. The molecule has 4 aromatic rings. The Bertz CT molecular complexity index is 1530. The maximum Gasteiger partial charge on any atom is 0.226 e. The number of hydrogen-bond donors (Lipinski definition) is 2. The van der Waals surface area contributed by atoms with E-state index in [0.717, 1.165) is 29.3 Å². The van der Waals surface area contributed by atoms with Crippen molar-refractivity contribution in [2.45, 2.75) is 76.3 Å². The van der Waals surface area contributed by atoms with E-state index in [0.29, 0.717) is 36.6 Å². The van der Waals surface area contributed by atoms with E-state index in [1.807, 2.05) is 48.5 Å². The summed E-state index contributed by atoms with van der Waals surface area (Å²) in [7, 11) is -1.82. The monoisotopic (exact) mass is 603 g/mol. The number of rotatable bonds is 11. The van der Waals surface area contributed by atoms with Gasteiger partial charge in [-0.05, 0) is 40.9 Å². The Hall–Kier alpha value is -3.26. The molecule has 10 heteroatoms. The molecule has 1 aliphatic heterocycles. The number of nitrogens with zero attached hydrogens (tertiary/aromatic N) is 3. The number of hydrogen-bond acceptors (Lipinski definition) is 7. The van der Waals surface area contributed by atoms with Crippen LogP contribution in [0.2, 0.25) is 23.4 Å². The zero-order chi connectivity index (χ0) is 29.6. The van der Waals surface area contributed by atoms with Gasteiger partial charge >= 0.3 is 0 Å². The maximum absolute atomic E-state index is 6.89. The Labute approximate surface area is 253 Å². The van der Waals surface area contributed by atoms with Crippen LogP contribution in [-0.2, 0) is 27.4 Å². The molecule has 220 valence electrons. The number of H-pyrrole nitrogens is 1. The minimum atomic E-state index is -1.82. The minimum absolute atomic E-state index is 0.0454. The molecule has 0 amide bonds. The zero-order valence-electron chi connectivity index (χ0n) is 24.4. The lowest BCUT2D eigenvalue weighted by atomic mass is 9.97. The van der Waals surface area contributed by atoms with Crippen LogP contribution in [-0.4, -0.2) is 46.3 Å². The molecule has 0 saturated carbocycles. The van der Waals surface area contributed by atoms with Gasteiger partial charge in [-0.15, -0.1) is 5.54 Å². The summed E-state index contributed by atoms with van der Waals surface area (Å²) in [6.07, 6.45) is -0.298. The van der Waals surface area contributed by atoms with Crippen LogP contribution in [0, 0.1) is 11.5 Å². The average Bonchev–Trinajstić information content (AvgIpc) is 3.60. The topological polar surface area (TPSA) is 108 Å². The summed E-state index contributed by atoms with van der Waals surface area (Å²) in [6, 6.07) is 23.5. The van der Waals surface area contributed by atoms with Gasteiger partial charge in [-0.2, -0.15) is 9.97 Å². The Morgan fingerprint density at radius 3 is 2.26 bits per heavy atom. The Morgan fingerprint density at radius 2 is 1.62 bits per heavy atom. The van der Waals surface area contributed by atoms with Gasteiger partial charge < -0.3 is 24.9 Å². The lowest BCUT2D eigenvalue weighted by Gasteiger charge is -2.31. The summed E-state index contributed by atoms with van der Waals surface area (Å²) in [6.45, 7) is 7.87. The van der Waals surface area contributed by atoms with E-state index >= 15 is 0 Å².